The predicted molar refractivity (Wildman–Crippen MR) is 150 cm³/mol. The molecule has 1 aromatic carbocycles. The van der Waals surface area contributed by atoms with Crippen molar-refractivity contribution in [1.29, 1.82) is 0 Å². The first-order valence-corrected chi connectivity index (χ1v) is 13.1. The number of para-hydroxylation sites is 1. The molecule has 0 bridgehead atoms. The lowest BCUT2D eigenvalue weighted by molar-refractivity contribution is 0.129. The number of rotatable bonds is 5. The van der Waals surface area contributed by atoms with Gasteiger partial charge < -0.3 is 9.80 Å². The second-order valence-electron chi connectivity index (χ2n) is 11.8. The first kappa shape index (κ1) is 24.5. The Labute approximate surface area is 216 Å². The highest BCUT2D eigenvalue weighted by atomic mass is 15.5. The van der Waals surface area contributed by atoms with Crippen molar-refractivity contribution in [3.63, 3.8) is 0 Å². The molecule has 0 saturated carbocycles. The van der Waals surface area contributed by atoms with Gasteiger partial charge in [-0.05, 0) is 41.0 Å². The first-order chi connectivity index (χ1) is 17.0. The predicted octanol–water partition coefficient (Wildman–Crippen LogP) is 7.57. The van der Waals surface area contributed by atoms with Gasteiger partial charge >= 0.3 is 0 Å². The van der Waals surface area contributed by atoms with E-state index in [2.05, 4.69) is 107 Å². The summed E-state index contributed by atoms with van der Waals surface area (Å²) < 4.78 is 0. The van der Waals surface area contributed by atoms with E-state index in [1.807, 2.05) is 18.6 Å². The topological polar surface area (TPSA) is 45.2 Å². The summed E-state index contributed by atoms with van der Waals surface area (Å²) in [6.45, 7) is 20.1. The Morgan fingerprint density at radius 1 is 0.972 bits per heavy atom. The molecule has 0 radical (unpaired) electrons. The molecule has 2 unspecified atom stereocenters. The van der Waals surface area contributed by atoms with Gasteiger partial charge in [0.05, 0.1) is 6.20 Å². The van der Waals surface area contributed by atoms with Gasteiger partial charge in [0.1, 0.15) is 11.9 Å². The number of hydrogen-bond acceptors (Lipinski definition) is 5. The number of benzene rings is 1. The highest BCUT2D eigenvalue weighted by molar-refractivity contribution is 5.85. The molecule has 0 spiro atoms. The van der Waals surface area contributed by atoms with Gasteiger partial charge in [-0.1, -0.05) is 72.7 Å². The van der Waals surface area contributed by atoms with Crippen molar-refractivity contribution >= 4 is 17.2 Å². The average molecular weight is 482 g/mol. The van der Waals surface area contributed by atoms with Gasteiger partial charge in [0, 0.05) is 41.5 Å². The summed E-state index contributed by atoms with van der Waals surface area (Å²) in [5.74, 6) is 2.43. The van der Waals surface area contributed by atoms with Crippen molar-refractivity contribution in [3.8, 4) is 11.4 Å². The monoisotopic (exact) mass is 481 g/mol. The summed E-state index contributed by atoms with van der Waals surface area (Å²) >= 11 is 0. The fourth-order valence-electron chi connectivity index (χ4n) is 6.48. The number of allylic oxidation sites excluding steroid dienone is 1. The van der Waals surface area contributed by atoms with E-state index in [9.17, 15) is 0 Å². The zero-order valence-electron chi connectivity index (χ0n) is 23.0. The minimum absolute atomic E-state index is 0.0696. The third kappa shape index (κ3) is 3.24. The van der Waals surface area contributed by atoms with Crippen LogP contribution in [0, 0.1) is 5.41 Å². The van der Waals surface area contributed by atoms with Crippen LogP contribution in [0.4, 0.5) is 17.2 Å². The van der Waals surface area contributed by atoms with Crippen molar-refractivity contribution < 1.29 is 0 Å². The van der Waals surface area contributed by atoms with Crippen molar-refractivity contribution in [3.05, 3.63) is 72.2 Å². The van der Waals surface area contributed by atoms with E-state index in [1.54, 1.807) is 0 Å². The highest BCUT2D eigenvalue weighted by Crippen LogP contribution is 2.61. The SMILES string of the molecule is C=CCC1(C)c2ccccc2N2c3cnc(-c4c(C(C)C)cncc4C(C)C)nc3N(C)C2C1(C)C. The molecule has 0 fully saturated rings. The van der Waals surface area contributed by atoms with Gasteiger partial charge in [0.2, 0.25) is 0 Å². The van der Waals surface area contributed by atoms with Crippen LogP contribution in [0.3, 0.4) is 0 Å². The van der Waals surface area contributed by atoms with Gasteiger partial charge in [-0.3, -0.25) is 4.98 Å². The summed E-state index contributed by atoms with van der Waals surface area (Å²) in [6.07, 6.45) is 9.09. The zero-order valence-corrected chi connectivity index (χ0v) is 23.0. The molecule has 188 valence electrons. The Bertz CT molecular complexity index is 1300. The molecule has 2 aromatic heterocycles. The lowest BCUT2D eigenvalue weighted by atomic mass is 9.57. The Morgan fingerprint density at radius 3 is 2.22 bits per heavy atom. The Morgan fingerprint density at radius 2 is 1.61 bits per heavy atom. The number of fused-ring (bicyclic) bond motifs is 5. The summed E-state index contributed by atoms with van der Waals surface area (Å²) in [4.78, 5) is 19.7. The molecule has 0 saturated heterocycles. The van der Waals surface area contributed by atoms with Crippen molar-refractivity contribution in [2.45, 2.75) is 78.3 Å². The molecule has 4 heterocycles. The Balaban J connectivity index is 1.73. The van der Waals surface area contributed by atoms with E-state index in [-0.39, 0.29) is 17.0 Å². The van der Waals surface area contributed by atoms with Crippen LogP contribution in [0.15, 0.2) is 55.5 Å². The Kier molecular flexibility index (Phi) is 5.73. The second-order valence-corrected chi connectivity index (χ2v) is 11.8. The van der Waals surface area contributed by atoms with E-state index < -0.39 is 0 Å². The molecular weight excluding hydrogens is 442 g/mol. The smallest absolute Gasteiger partial charge is 0.162 e. The first-order valence-electron chi connectivity index (χ1n) is 13.1. The van der Waals surface area contributed by atoms with Crippen LogP contribution in [0.2, 0.25) is 0 Å². The third-order valence-corrected chi connectivity index (χ3v) is 8.81. The van der Waals surface area contributed by atoms with Crippen molar-refractivity contribution in [2.24, 2.45) is 5.41 Å². The van der Waals surface area contributed by atoms with Crippen LogP contribution >= 0.6 is 0 Å². The summed E-state index contributed by atoms with van der Waals surface area (Å²) in [7, 11) is 2.18. The second kappa shape index (κ2) is 8.43. The fraction of sp³-hybridized carbons (Fsp3) is 0.452. The van der Waals surface area contributed by atoms with Gasteiger partial charge in [-0.15, -0.1) is 6.58 Å². The van der Waals surface area contributed by atoms with Crippen LogP contribution in [-0.2, 0) is 5.41 Å². The minimum Gasteiger partial charge on any atom is -0.337 e. The van der Waals surface area contributed by atoms with E-state index in [1.165, 1.54) is 22.4 Å². The fourth-order valence-corrected chi connectivity index (χ4v) is 6.48. The van der Waals surface area contributed by atoms with Crippen LogP contribution in [-0.4, -0.2) is 28.2 Å². The largest absolute Gasteiger partial charge is 0.337 e. The summed E-state index contributed by atoms with van der Waals surface area (Å²) in [5, 5.41) is 0. The molecule has 3 aromatic rings. The van der Waals surface area contributed by atoms with E-state index >= 15 is 0 Å². The van der Waals surface area contributed by atoms with Crippen LogP contribution in [0.25, 0.3) is 11.4 Å². The van der Waals surface area contributed by atoms with Crippen LogP contribution < -0.4 is 9.80 Å². The van der Waals surface area contributed by atoms with E-state index in [0.717, 1.165) is 29.3 Å². The zero-order chi connectivity index (χ0) is 26.0. The molecule has 0 aliphatic carbocycles. The molecule has 5 nitrogen and oxygen atoms in total. The molecule has 0 N–H and O–H groups in total. The maximum absolute atomic E-state index is 5.27. The lowest BCUT2D eigenvalue weighted by Crippen LogP contribution is -2.61. The molecule has 0 amide bonds. The quantitative estimate of drug-likeness (QED) is 0.352. The number of nitrogens with zero attached hydrogens (tertiary/aromatic N) is 5. The maximum Gasteiger partial charge on any atom is 0.162 e. The molecule has 5 rings (SSSR count). The van der Waals surface area contributed by atoms with E-state index in [4.69, 9.17) is 9.97 Å². The number of pyridine rings is 1. The van der Waals surface area contributed by atoms with Gasteiger partial charge in [-0.25, -0.2) is 9.97 Å². The van der Waals surface area contributed by atoms with E-state index in [0.29, 0.717) is 11.8 Å². The standard InChI is InChI=1S/C31H39N5/c1-10-15-31(8)23-13-11-12-14-24(23)36-25-18-33-27(34-28(25)35(9)29(36)30(31,6)7)26-21(19(2)3)16-32-17-22(26)20(4)5/h10-14,16-20,29H,1,15H2,2-9H3. The normalized spacial score (nSPS) is 22.0. The van der Waals surface area contributed by atoms with Crippen LogP contribution in [0.5, 0.6) is 0 Å². The molecular formula is C31H39N5. The number of hydrogen-bond donors (Lipinski definition) is 0. The van der Waals surface area contributed by atoms with Gasteiger partial charge in [0.15, 0.2) is 11.6 Å². The van der Waals surface area contributed by atoms with Crippen molar-refractivity contribution in [1.82, 2.24) is 15.0 Å². The average Bonchev–Trinajstić information content (AvgIpc) is 3.15. The third-order valence-electron chi connectivity index (χ3n) is 8.81. The molecule has 5 heteroatoms. The lowest BCUT2D eigenvalue weighted by Gasteiger charge is -2.57. The molecule has 2 atom stereocenters. The number of anilines is 3. The van der Waals surface area contributed by atoms with Gasteiger partial charge in [0.25, 0.3) is 0 Å². The van der Waals surface area contributed by atoms with Crippen LogP contribution in [0.1, 0.15) is 83.4 Å². The number of aromatic nitrogens is 3. The van der Waals surface area contributed by atoms with Crippen molar-refractivity contribution in [2.75, 3.05) is 16.8 Å². The maximum atomic E-state index is 5.27. The molecule has 2 aliphatic heterocycles. The van der Waals surface area contributed by atoms with Gasteiger partial charge in [-0.2, -0.15) is 0 Å². The highest BCUT2D eigenvalue weighted by Gasteiger charge is 2.58. The molecule has 36 heavy (non-hydrogen) atoms. The Hall–Kier alpha value is -3.21. The summed E-state index contributed by atoms with van der Waals surface area (Å²) in [5.41, 5.74) is 7.03. The summed E-state index contributed by atoms with van der Waals surface area (Å²) in [6, 6.07) is 8.81. The minimum atomic E-state index is -0.0893. The molecule has 2 aliphatic rings.